The number of carbonyl (C=O) groups is 1. The van der Waals surface area contributed by atoms with E-state index in [1.54, 1.807) is 0 Å². The van der Waals surface area contributed by atoms with Gasteiger partial charge >= 0.3 is 5.97 Å². The van der Waals surface area contributed by atoms with Crippen molar-refractivity contribution in [3.8, 4) is 11.8 Å². The standard InChI is InChI=1S/C15H15FN2O4/c1-20-11-8-12(21-2)18-14(17-11)13(15(19)22-3)9-4-6-10(16)7-5-9/h4-8,13H,1-3H3. The number of esters is 1. The van der Waals surface area contributed by atoms with E-state index in [4.69, 9.17) is 14.2 Å². The second-order valence-corrected chi connectivity index (χ2v) is 4.32. The second-order valence-electron chi connectivity index (χ2n) is 4.32. The number of rotatable bonds is 5. The highest BCUT2D eigenvalue weighted by atomic mass is 19.1. The molecule has 0 saturated carbocycles. The van der Waals surface area contributed by atoms with Gasteiger partial charge in [-0.1, -0.05) is 12.1 Å². The summed E-state index contributed by atoms with van der Waals surface area (Å²) in [6, 6.07) is 6.95. The van der Waals surface area contributed by atoms with Gasteiger partial charge in [0.2, 0.25) is 11.8 Å². The Labute approximate surface area is 126 Å². The Balaban J connectivity index is 2.54. The van der Waals surface area contributed by atoms with Crippen LogP contribution in [0.2, 0.25) is 0 Å². The van der Waals surface area contributed by atoms with Crippen molar-refractivity contribution in [3.05, 3.63) is 47.5 Å². The summed E-state index contributed by atoms with van der Waals surface area (Å²) in [5.74, 6) is -1.24. The van der Waals surface area contributed by atoms with E-state index in [-0.39, 0.29) is 17.6 Å². The van der Waals surface area contributed by atoms with Gasteiger partial charge < -0.3 is 14.2 Å². The van der Waals surface area contributed by atoms with Gasteiger partial charge in [-0.3, -0.25) is 4.79 Å². The number of benzene rings is 1. The lowest BCUT2D eigenvalue weighted by molar-refractivity contribution is -0.141. The van der Waals surface area contributed by atoms with Crippen LogP contribution in [0.5, 0.6) is 11.8 Å². The van der Waals surface area contributed by atoms with Crippen molar-refractivity contribution < 1.29 is 23.4 Å². The molecule has 0 bridgehead atoms. The third-order valence-electron chi connectivity index (χ3n) is 3.01. The molecule has 1 aromatic heterocycles. The first kappa shape index (κ1) is 15.7. The van der Waals surface area contributed by atoms with Crippen LogP contribution in [-0.4, -0.2) is 37.3 Å². The van der Waals surface area contributed by atoms with Gasteiger partial charge in [-0.25, -0.2) is 4.39 Å². The van der Waals surface area contributed by atoms with Crippen LogP contribution in [0, 0.1) is 5.82 Å². The van der Waals surface area contributed by atoms with Crippen molar-refractivity contribution in [3.63, 3.8) is 0 Å². The number of halogens is 1. The van der Waals surface area contributed by atoms with Gasteiger partial charge in [-0.05, 0) is 17.7 Å². The average Bonchev–Trinajstić information content (AvgIpc) is 2.56. The Kier molecular flexibility index (Phi) is 4.88. The van der Waals surface area contributed by atoms with Gasteiger partial charge in [-0.15, -0.1) is 0 Å². The van der Waals surface area contributed by atoms with E-state index in [0.29, 0.717) is 5.56 Å². The van der Waals surface area contributed by atoms with E-state index in [1.807, 2.05) is 0 Å². The molecular formula is C15H15FN2O4. The molecule has 0 fully saturated rings. The van der Waals surface area contributed by atoms with E-state index in [2.05, 4.69) is 9.97 Å². The highest BCUT2D eigenvalue weighted by molar-refractivity contribution is 5.81. The molecule has 1 unspecified atom stereocenters. The summed E-state index contributed by atoms with van der Waals surface area (Å²) in [4.78, 5) is 20.4. The lowest BCUT2D eigenvalue weighted by Crippen LogP contribution is -2.19. The molecule has 7 heteroatoms. The molecule has 1 aromatic carbocycles. The fraction of sp³-hybridized carbons (Fsp3) is 0.267. The molecule has 0 saturated heterocycles. The quantitative estimate of drug-likeness (QED) is 0.786. The smallest absolute Gasteiger partial charge is 0.320 e. The van der Waals surface area contributed by atoms with Crippen LogP contribution < -0.4 is 9.47 Å². The number of nitrogens with zero attached hydrogens (tertiary/aromatic N) is 2. The van der Waals surface area contributed by atoms with Gasteiger partial charge in [0.15, 0.2) is 5.82 Å². The number of carbonyl (C=O) groups excluding carboxylic acids is 1. The maximum Gasteiger partial charge on any atom is 0.320 e. The third-order valence-corrected chi connectivity index (χ3v) is 3.01. The number of methoxy groups -OCH3 is 3. The lowest BCUT2D eigenvalue weighted by Gasteiger charge is -2.15. The number of ether oxygens (including phenoxy) is 3. The van der Waals surface area contributed by atoms with Crippen LogP contribution in [0.3, 0.4) is 0 Å². The van der Waals surface area contributed by atoms with Gasteiger partial charge in [0, 0.05) is 0 Å². The maximum absolute atomic E-state index is 13.1. The van der Waals surface area contributed by atoms with Gasteiger partial charge in [0.1, 0.15) is 11.7 Å². The van der Waals surface area contributed by atoms with Crippen LogP contribution in [-0.2, 0) is 9.53 Å². The van der Waals surface area contributed by atoms with Crippen molar-refractivity contribution in [1.29, 1.82) is 0 Å². The fourth-order valence-electron chi connectivity index (χ4n) is 1.92. The normalized spacial score (nSPS) is 11.6. The summed E-state index contributed by atoms with van der Waals surface area (Å²) in [5, 5.41) is 0. The largest absolute Gasteiger partial charge is 0.481 e. The molecule has 2 aromatic rings. The van der Waals surface area contributed by atoms with Crippen molar-refractivity contribution in [2.45, 2.75) is 5.92 Å². The van der Waals surface area contributed by atoms with Crippen molar-refractivity contribution >= 4 is 5.97 Å². The summed E-state index contributed by atoms with van der Waals surface area (Å²) in [5.41, 5.74) is 0.503. The zero-order valence-electron chi connectivity index (χ0n) is 12.4. The summed E-state index contributed by atoms with van der Waals surface area (Å²) < 4.78 is 28.0. The minimum atomic E-state index is -0.908. The van der Waals surface area contributed by atoms with Crippen LogP contribution in [0.15, 0.2) is 30.3 Å². The molecule has 0 spiro atoms. The van der Waals surface area contributed by atoms with E-state index in [9.17, 15) is 9.18 Å². The first-order chi connectivity index (χ1) is 10.6. The Morgan fingerprint density at radius 2 is 1.59 bits per heavy atom. The molecule has 6 nitrogen and oxygen atoms in total. The van der Waals surface area contributed by atoms with Crippen molar-refractivity contribution in [2.75, 3.05) is 21.3 Å². The Morgan fingerprint density at radius 3 is 2.05 bits per heavy atom. The van der Waals surface area contributed by atoms with E-state index < -0.39 is 17.7 Å². The van der Waals surface area contributed by atoms with Crippen molar-refractivity contribution in [1.82, 2.24) is 9.97 Å². The van der Waals surface area contributed by atoms with Crippen LogP contribution in [0.4, 0.5) is 4.39 Å². The van der Waals surface area contributed by atoms with Crippen LogP contribution in [0.1, 0.15) is 17.3 Å². The van der Waals surface area contributed by atoms with E-state index >= 15 is 0 Å². The number of aromatic nitrogens is 2. The summed E-state index contributed by atoms with van der Waals surface area (Å²) >= 11 is 0. The highest BCUT2D eigenvalue weighted by Gasteiger charge is 2.28. The molecule has 22 heavy (non-hydrogen) atoms. The molecule has 0 radical (unpaired) electrons. The monoisotopic (exact) mass is 306 g/mol. The predicted octanol–water partition coefficient (Wildman–Crippen LogP) is 1.94. The molecule has 0 aliphatic rings. The molecule has 2 rings (SSSR count). The summed E-state index contributed by atoms with van der Waals surface area (Å²) in [6.07, 6.45) is 0. The SMILES string of the molecule is COC(=O)C(c1ccc(F)cc1)c1nc(OC)cc(OC)n1. The first-order valence-corrected chi connectivity index (χ1v) is 6.39. The van der Waals surface area contributed by atoms with Gasteiger partial charge in [0.05, 0.1) is 27.4 Å². The first-order valence-electron chi connectivity index (χ1n) is 6.39. The topological polar surface area (TPSA) is 70.5 Å². The average molecular weight is 306 g/mol. The zero-order chi connectivity index (χ0) is 16.1. The zero-order valence-corrected chi connectivity index (χ0v) is 12.4. The number of hydrogen-bond acceptors (Lipinski definition) is 6. The minimum Gasteiger partial charge on any atom is -0.481 e. The molecule has 1 atom stereocenters. The number of hydrogen-bond donors (Lipinski definition) is 0. The molecule has 0 aliphatic carbocycles. The molecule has 0 aliphatic heterocycles. The van der Waals surface area contributed by atoms with Crippen LogP contribution in [0.25, 0.3) is 0 Å². The van der Waals surface area contributed by atoms with Crippen LogP contribution >= 0.6 is 0 Å². The van der Waals surface area contributed by atoms with Crippen molar-refractivity contribution in [2.24, 2.45) is 0 Å². The van der Waals surface area contributed by atoms with E-state index in [1.165, 1.54) is 51.7 Å². The Morgan fingerprint density at radius 1 is 1.05 bits per heavy atom. The van der Waals surface area contributed by atoms with Gasteiger partial charge in [0.25, 0.3) is 0 Å². The summed E-state index contributed by atoms with van der Waals surface area (Å²) in [7, 11) is 4.14. The molecule has 0 N–H and O–H groups in total. The predicted molar refractivity (Wildman–Crippen MR) is 75.4 cm³/mol. The maximum atomic E-state index is 13.1. The fourth-order valence-corrected chi connectivity index (χ4v) is 1.92. The minimum absolute atomic E-state index is 0.148. The summed E-state index contributed by atoms with van der Waals surface area (Å²) in [6.45, 7) is 0. The third kappa shape index (κ3) is 3.30. The molecule has 1 heterocycles. The van der Waals surface area contributed by atoms with E-state index in [0.717, 1.165) is 0 Å². The highest BCUT2D eigenvalue weighted by Crippen LogP contribution is 2.27. The molecule has 0 amide bonds. The molecule has 116 valence electrons. The van der Waals surface area contributed by atoms with Gasteiger partial charge in [-0.2, -0.15) is 9.97 Å². The Bertz CT molecular complexity index is 639. The Hall–Kier alpha value is -2.70. The molecular weight excluding hydrogens is 291 g/mol. The lowest BCUT2D eigenvalue weighted by atomic mass is 9.98. The second kappa shape index (κ2) is 6.84.